The number of rotatable bonds is 4. The van der Waals surface area contributed by atoms with E-state index in [-0.39, 0.29) is 5.97 Å². The van der Waals surface area contributed by atoms with E-state index in [4.69, 9.17) is 9.16 Å². The first-order chi connectivity index (χ1) is 7.83. The van der Waals surface area contributed by atoms with Gasteiger partial charge in [-0.05, 0) is 32.1 Å². The van der Waals surface area contributed by atoms with Crippen LogP contribution in [0, 0.1) is 6.92 Å². The summed E-state index contributed by atoms with van der Waals surface area (Å²) in [4.78, 5) is 11.8. The van der Waals surface area contributed by atoms with E-state index in [1.165, 1.54) is 7.11 Å². The lowest BCUT2D eigenvalue weighted by Crippen LogP contribution is -2.32. The molecule has 0 bridgehead atoms. The topological polar surface area (TPSA) is 35.5 Å². The zero-order valence-corrected chi connectivity index (χ0v) is 12.1. The largest absolute Gasteiger partial charge is 0.467 e. The van der Waals surface area contributed by atoms with Gasteiger partial charge in [0.1, 0.15) is 0 Å². The van der Waals surface area contributed by atoms with Crippen LogP contribution >= 0.6 is 0 Å². The van der Waals surface area contributed by atoms with Crippen molar-refractivity contribution in [2.24, 2.45) is 0 Å². The van der Waals surface area contributed by atoms with Crippen LogP contribution in [0.4, 0.5) is 0 Å². The quantitative estimate of drug-likeness (QED) is 0.610. The smallest absolute Gasteiger partial charge is 0.338 e. The molecular formula is C13H20O3Si. The summed E-state index contributed by atoms with van der Waals surface area (Å²) in [5.41, 5.74) is 2.01. The van der Waals surface area contributed by atoms with Crippen molar-refractivity contribution < 1.29 is 14.0 Å². The maximum atomic E-state index is 11.8. The van der Waals surface area contributed by atoms with E-state index in [9.17, 15) is 4.79 Å². The van der Waals surface area contributed by atoms with Gasteiger partial charge in [-0.25, -0.2) is 4.79 Å². The van der Waals surface area contributed by atoms with E-state index in [1.54, 1.807) is 0 Å². The van der Waals surface area contributed by atoms with Crippen LogP contribution in [0.25, 0.3) is 0 Å². The van der Waals surface area contributed by atoms with E-state index >= 15 is 0 Å². The highest BCUT2D eigenvalue weighted by molar-refractivity contribution is 6.69. The fourth-order valence-corrected chi connectivity index (χ4v) is 2.39. The van der Waals surface area contributed by atoms with Crippen LogP contribution in [-0.2, 0) is 14.0 Å². The molecule has 0 N–H and O–H groups in total. The molecule has 1 atom stereocenters. The van der Waals surface area contributed by atoms with Crippen molar-refractivity contribution in [2.45, 2.75) is 32.7 Å². The number of esters is 1. The van der Waals surface area contributed by atoms with Gasteiger partial charge in [0, 0.05) is 0 Å². The monoisotopic (exact) mass is 252 g/mol. The van der Waals surface area contributed by atoms with E-state index in [2.05, 4.69) is 19.6 Å². The Balaban J connectivity index is 2.98. The van der Waals surface area contributed by atoms with Gasteiger partial charge < -0.3 is 9.16 Å². The maximum Gasteiger partial charge on any atom is 0.338 e. The average Bonchev–Trinajstić information content (AvgIpc) is 2.25. The standard InChI is InChI=1S/C13H20O3Si/c1-10-6-8-11(9-7-10)12(13(14)15-2)16-17(3,4)5/h6-9,12H,1-5H3/t12-/m1/s1. The fourth-order valence-electron chi connectivity index (χ4n) is 1.45. The number of ether oxygens (including phenoxy) is 1. The molecule has 0 aliphatic carbocycles. The molecule has 0 spiro atoms. The van der Waals surface area contributed by atoms with Crippen molar-refractivity contribution in [3.05, 3.63) is 35.4 Å². The Hall–Kier alpha value is -1.13. The number of carbonyl (C=O) groups excluding carboxylic acids is 1. The second-order valence-corrected chi connectivity index (χ2v) is 9.50. The summed E-state index contributed by atoms with van der Waals surface area (Å²) in [6.07, 6.45) is -0.604. The summed E-state index contributed by atoms with van der Waals surface area (Å²) in [6, 6.07) is 7.77. The third-order valence-corrected chi connectivity index (χ3v) is 3.21. The first-order valence-corrected chi connectivity index (χ1v) is 9.06. The van der Waals surface area contributed by atoms with Crippen LogP contribution < -0.4 is 0 Å². The first-order valence-electron chi connectivity index (χ1n) is 5.66. The van der Waals surface area contributed by atoms with Crippen LogP contribution in [0.3, 0.4) is 0 Å². The van der Waals surface area contributed by atoms with Gasteiger partial charge in [0.2, 0.25) is 0 Å². The highest BCUT2D eigenvalue weighted by Gasteiger charge is 2.28. The minimum Gasteiger partial charge on any atom is -0.467 e. The van der Waals surface area contributed by atoms with Gasteiger partial charge in [-0.2, -0.15) is 0 Å². The molecule has 4 heteroatoms. The van der Waals surface area contributed by atoms with Gasteiger partial charge in [0.15, 0.2) is 14.4 Å². The molecule has 1 rings (SSSR count). The SMILES string of the molecule is COC(=O)[C@H](O[Si](C)(C)C)c1ccc(C)cc1. The molecule has 0 saturated heterocycles. The Kier molecular flexibility index (Phi) is 4.48. The lowest BCUT2D eigenvalue weighted by atomic mass is 10.1. The zero-order chi connectivity index (χ0) is 13.1. The van der Waals surface area contributed by atoms with Gasteiger partial charge in [-0.1, -0.05) is 29.8 Å². The molecule has 0 aliphatic rings. The molecule has 3 nitrogen and oxygen atoms in total. The van der Waals surface area contributed by atoms with Crippen molar-refractivity contribution in [3.8, 4) is 0 Å². The van der Waals surface area contributed by atoms with Crippen LogP contribution in [0.15, 0.2) is 24.3 Å². The van der Waals surface area contributed by atoms with Crippen LogP contribution in [0.2, 0.25) is 19.6 Å². The molecule has 94 valence electrons. The Bertz CT molecular complexity index is 379. The van der Waals surface area contributed by atoms with Crippen molar-refractivity contribution in [1.82, 2.24) is 0 Å². The summed E-state index contributed by atoms with van der Waals surface area (Å²) in [5.74, 6) is -0.337. The van der Waals surface area contributed by atoms with Gasteiger partial charge in [0.25, 0.3) is 0 Å². The average molecular weight is 252 g/mol. The summed E-state index contributed by atoms with van der Waals surface area (Å²) < 4.78 is 10.7. The van der Waals surface area contributed by atoms with E-state index in [0.29, 0.717) is 0 Å². The number of carbonyl (C=O) groups is 1. The van der Waals surface area contributed by atoms with Crippen LogP contribution in [0.5, 0.6) is 0 Å². The zero-order valence-electron chi connectivity index (χ0n) is 11.1. The predicted octanol–water partition coefficient (Wildman–Crippen LogP) is 3.06. The third-order valence-electron chi connectivity index (χ3n) is 2.27. The molecule has 1 aromatic rings. The highest BCUT2D eigenvalue weighted by atomic mass is 28.4. The Morgan fingerprint density at radius 1 is 1.18 bits per heavy atom. The molecule has 0 unspecified atom stereocenters. The second kappa shape index (κ2) is 5.47. The number of benzene rings is 1. The summed E-state index contributed by atoms with van der Waals surface area (Å²) in [7, 11) is -0.411. The van der Waals surface area contributed by atoms with Gasteiger partial charge >= 0.3 is 5.97 Å². The van der Waals surface area contributed by atoms with Crippen molar-refractivity contribution in [3.63, 3.8) is 0 Å². The second-order valence-electron chi connectivity index (χ2n) is 5.04. The summed E-state index contributed by atoms with van der Waals surface area (Å²) in [5, 5.41) is 0. The minimum atomic E-state index is -1.80. The van der Waals surface area contributed by atoms with Crippen LogP contribution in [0.1, 0.15) is 17.2 Å². The number of hydrogen-bond donors (Lipinski definition) is 0. The third kappa shape index (κ3) is 4.32. The Morgan fingerprint density at radius 3 is 2.12 bits per heavy atom. The highest BCUT2D eigenvalue weighted by Crippen LogP contribution is 2.23. The molecule has 0 heterocycles. The van der Waals surface area contributed by atoms with Gasteiger partial charge in [-0.3, -0.25) is 0 Å². The maximum absolute atomic E-state index is 11.8. The van der Waals surface area contributed by atoms with E-state index in [1.807, 2.05) is 31.2 Å². The van der Waals surface area contributed by atoms with Crippen molar-refractivity contribution >= 4 is 14.3 Å². The Labute approximate surface area is 104 Å². The normalized spacial score (nSPS) is 13.2. The van der Waals surface area contributed by atoms with Gasteiger partial charge in [-0.15, -0.1) is 0 Å². The van der Waals surface area contributed by atoms with Crippen molar-refractivity contribution in [1.29, 1.82) is 0 Å². The molecule has 0 saturated carbocycles. The van der Waals surface area contributed by atoms with Crippen molar-refractivity contribution in [2.75, 3.05) is 7.11 Å². The molecule has 0 amide bonds. The fraction of sp³-hybridized carbons (Fsp3) is 0.462. The predicted molar refractivity (Wildman–Crippen MR) is 70.4 cm³/mol. The Morgan fingerprint density at radius 2 is 1.71 bits per heavy atom. The molecule has 0 radical (unpaired) electrons. The molecule has 0 fully saturated rings. The number of hydrogen-bond acceptors (Lipinski definition) is 3. The van der Waals surface area contributed by atoms with Crippen LogP contribution in [-0.4, -0.2) is 21.4 Å². The lowest BCUT2D eigenvalue weighted by Gasteiger charge is -2.24. The number of aryl methyl sites for hydroxylation is 1. The molecule has 0 aromatic heterocycles. The van der Waals surface area contributed by atoms with E-state index < -0.39 is 14.4 Å². The summed E-state index contributed by atoms with van der Waals surface area (Å²) >= 11 is 0. The lowest BCUT2D eigenvalue weighted by molar-refractivity contribution is -0.149. The molecule has 1 aromatic carbocycles. The molecule has 0 aliphatic heterocycles. The number of methoxy groups -OCH3 is 1. The first kappa shape index (κ1) is 13.9. The van der Waals surface area contributed by atoms with E-state index in [0.717, 1.165) is 11.1 Å². The molecule has 17 heavy (non-hydrogen) atoms. The molecular weight excluding hydrogens is 232 g/mol. The summed E-state index contributed by atoms with van der Waals surface area (Å²) in [6.45, 7) is 8.17. The van der Waals surface area contributed by atoms with Gasteiger partial charge in [0.05, 0.1) is 7.11 Å². The minimum absolute atomic E-state index is 0.337.